The van der Waals surface area contributed by atoms with Crippen LogP contribution in [0.5, 0.6) is 11.5 Å². The zero-order valence-corrected chi connectivity index (χ0v) is 8.95. The number of alkyl halides is 3. The molecular weight excluding hydrogens is 239 g/mol. The number of aliphatic hydroxyl groups is 1. The van der Waals surface area contributed by atoms with Gasteiger partial charge in [-0.1, -0.05) is 0 Å². The summed E-state index contributed by atoms with van der Waals surface area (Å²) >= 11 is 0. The van der Waals surface area contributed by atoms with Crippen LogP contribution in [0.4, 0.5) is 18.9 Å². The summed E-state index contributed by atoms with van der Waals surface area (Å²) in [7, 11) is 1.32. The Balaban J connectivity index is 3.02. The Labute approximate surface area is 95.6 Å². The van der Waals surface area contributed by atoms with E-state index in [1.54, 1.807) is 5.32 Å². The molecule has 1 rings (SSSR count). The maximum Gasteiger partial charge on any atom is 0.287 e. The fourth-order valence-corrected chi connectivity index (χ4v) is 1.29. The molecule has 0 amide bonds. The highest BCUT2D eigenvalue weighted by molar-refractivity contribution is 5.63. The third-order valence-corrected chi connectivity index (χ3v) is 2.13. The summed E-state index contributed by atoms with van der Waals surface area (Å²) in [5.41, 5.74) is -0.235. The van der Waals surface area contributed by atoms with E-state index < -0.39 is 25.1 Å². The van der Waals surface area contributed by atoms with Gasteiger partial charge in [0.2, 0.25) is 6.30 Å². The number of halogens is 3. The van der Waals surface area contributed by atoms with Gasteiger partial charge >= 0.3 is 0 Å². The summed E-state index contributed by atoms with van der Waals surface area (Å²) in [6.07, 6.45) is -5.81. The lowest BCUT2D eigenvalue weighted by Crippen LogP contribution is -2.22. The average molecular weight is 251 g/mol. The Bertz CT molecular complexity index is 387. The highest BCUT2D eigenvalue weighted by Crippen LogP contribution is 2.35. The van der Waals surface area contributed by atoms with Crippen molar-refractivity contribution in [2.75, 3.05) is 12.4 Å². The van der Waals surface area contributed by atoms with E-state index in [-0.39, 0.29) is 17.0 Å². The fraction of sp³-hybridized carbons (Fsp3) is 0.400. The number of ether oxygens (including phenoxy) is 1. The molecule has 0 fully saturated rings. The van der Waals surface area contributed by atoms with Crippen molar-refractivity contribution < 1.29 is 28.1 Å². The summed E-state index contributed by atoms with van der Waals surface area (Å²) < 4.78 is 41.5. The first-order valence-corrected chi connectivity index (χ1v) is 4.69. The lowest BCUT2D eigenvalue weighted by atomic mass is 10.1. The number of hydrogen-bond acceptors (Lipinski definition) is 4. The molecule has 1 aromatic carbocycles. The van der Waals surface area contributed by atoms with Gasteiger partial charge < -0.3 is 20.3 Å². The molecular formula is C10H12F3NO3. The van der Waals surface area contributed by atoms with Crippen molar-refractivity contribution in [3.8, 4) is 11.5 Å². The number of anilines is 1. The van der Waals surface area contributed by atoms with Gasteiger partial charge in [0.15, 0.2) is 0 Å². The molecule has 0 aliphatic rings. The summed E-state index contributed by atoms with van der Waals surface area (Å²) in [6.45, 7) is -0.559. The maximum atomic E-state index is 12.7. The van der Waals surface area contributed by atoms with Crippen molar-refractivity contribution in [3.05, 3.63) is 17.7 Å². The molecule has 4 nitrogen and oxygen atoms in total. The molecule has 0 spiro atoms. The van der Waals surface area contributed by atoms with Gasteiger partial charge in [-0.05, 0) is 12.1 Å². The summed E-state index contributed by atoms with van der Waals surface area (Å²) in [5.74, 6) is -0.335. The van der Waals surface area contributed by atoms with Crippen molar-refractivity contribution in [1.82, 2.24) is 0 Å². The van der Waals surface area contributed by atoms with Crippen LogP contribution in [-0.4, -0.2) is 30.0 Å². The molecule has 0 heterocycles. The van der Waals surface area contributed by atoms with Crippen LogP contribution in [-0.2, 0) is 6.61 Å². The summed E-state index contributed by atoms with van der Waals surface area (Å²) in [6, 6.07) is 2.51. The Kier molecular flexibility index (Phi) is 4.45. The number of benzene rings is 1. The molecule has 0 aromatic heterocycles. The van der Waals surface area contributed by atoms with E-state index in [0.29, 0.717) is 0 Å². The van der Waals surface area contributed by atoms with Crippen LogP contribution in [0.1, 0.15) is 5.56 Å². The second kappa shape index (κ2) is 5.62. The Morgan fingerprint density at radius 1 is 1.35 bits per heavy atom. The van der Waals surface area contributed by atoms with Crippen LogP contribution < -0.4 is 10.1 Å². The number of phenols is 1. The lowest BCUT2D eigenvalue weighted by molar-refractivity contribution is 0.0649. The SMILES string of the molecule is COc1ccc(NC(F)C(F)F)c(O)c1CO. The van der Waals surface area contributed by atoms with Crippen molar-refractivity contribution in [2.24, 2.45) is 0 Å². The summed E-state index contributed by atoms with van der Waals surface area (Å²) in [5, 5.41) is 20.4. The minimum atomic E-state index is -3.21. The fourth-order valence-electron chi connectivity index (χ4n) is 1.29. The molecule has 0 saturated heterocycles. The predicted molar refractivity (Wildman–Crippen MR) is 55.1 cm³/mol. The molecule has 3 N–H and O–H groups in total. The first-order valence-electron chi connectivity index (χ1n) is 4.69. The summed E-state index contributed by atoms with van der Waals surface area (Å²) in [4.78, 5) is 0. The molecule has 17 heavy (non-hydrogen) atoms. The molecule has 0 aliphatic carbocycles. The number of hydrogen-bond donors (Lipinski definition) is 3. The number of methoxy groups -OCH3 is 1. The van der Waals surface area contributed by atoms with Crippen LogP contribution in [0.2, 0.25) is 0 Å². The molecule has 0 radical (unpaired) electrons. The molecule has 0 aliphatic heterocycles. The molecule has 96 valence electrons. The van der Waals surface area contributed by atoms with E-state index in [1.165, 1.54) is 19.2 Å². The topological polar surface area (TPSA) is 61.7 Å². The number of nitrogens with one attached hydrogen (secondary N) is 1. The van der Waals surface area contributed by atoms with Gasteiger partial charge in [0.1, 0.15) is 11.5 Å². The van der Waals surface area contributed by atoms with Gasteiger partial charge in [0.25, 0.3) is 6.43 Å². The zero-order chi connectivity index (χ0) is 13.0. The van der Waals surface area contributed by atoms with Crippen LogP contribution in [0, 0.1) is 0 Å². The highest BCUT2D eigenvalue weighted by atomic mass is 19.3. The van der Waals surface area contributed by atoms with Crippen LogP contribution in [0.25, 0.3) is 0 Å². The van der Waals surface area contributed by atoms with E-state index in [1.807, 2.05) is 0 Å². The standard InChI is InChI=1S/C10H12F3NO3/c1-17-7-3-2-6(8(16)5(7)4-15)14-10(13)9(11)12/h2-3,9-10,14-16H,4H2,1H3. The molecule has 1 unspecified atom stereocenters. The van der Waals surface area contributed by atoms with Gasteiger partial charge in [-0.15, -0.1) is 0 Å². The minimum absolute atomic E-state index is 0.000957. The molecule has 1 aromatic rings. The third-order valence-electron chi connectivity index (χ3n) is 2.13. The Morgan fingerprint density at radius 2 is 2.00 bits per heavy atom. The normalized spacial score (nSPS) is 12.6. The van der Waals surface area contributed by atoms with Gasteiger partial charge in [0.05, 0.1) is 25.0 Å². The smallest absolute Gasteiger partial charge is 0.287 e. The lowest BCUT2D eigenvalue weighted by Gasteiger charge is -2.15. The van der Waals surface area contributed by atoms with Crippen LogP contribution in [0.15, 0.2) is 12.1 Å². The Hall–Kier alpha value is -1.63. The number of rotatable bonds is 5. The largest absolute Gasteiger partial charge is 0.505 e. The first kappa shape index (κ1) is 13.4. The average Bonchev–Trinajstić information content (AvgIpc) is 2.31. The van der Waals surface area contributed by atoms with Crippen molar-refractivity contribution in [1.29, 1.82) is 0 Å². The van der Waals surface area contributed by atoms with Crippen molar-refractivity contribution in [3.63, 3.8) is 0 Å². The zero-order valence-electron chi connectivity index (χ0n) is 8.95. The monoisotopic (exact) mass is 251 g/mol. The predicted octanol–water partition coefficient (Wildman–Crippen LogP) is 1.87. The maximum absolute atomic E-state index is 12.7. The number of aliphatic hydroxyl groups excluding tert-OH is 1. The number of aromatic hydroxyl groups is 1. The molecule has 1 atom stereocenters. The van der Waals surface area contributed by atoms with Gasteiger partial charge in [-0.3, -0.25) is 0 Å². The third kappa shape index (κ3) is 2.94. The molecule has 0 bridgehead atoms. The second-order valence-electron chi connectivity index (χ2n) is 3.18. The van der Waals surface area contributed by atoms with E-state index >= 15 is 0 Å². The van der Waals surface area contributed by atoms with Crippen LogP contribution >= 0.6 is 0 Å². The highest BCUT2D eigenvalue weighted by Gasteiger charge is 2.21. The van der Waals surface area contributed by atoms with Crippen molar-refractivity contribution in [2.45, 2.75) is 19.3 Å². The van der Waals surface area contributed by atoms with Crippen molar-refractivity contribution >= 4 is 5.69 Å². The Morgan fingerprint density at radius 3 is 2.47 bits per heavy atom. The van der Waals surface area contributed by atoms with E-state index in [2.05, 4.69) is 0 Å². The van der Waals surface area contributed by atoms with Crippen LogP contribution in [0.3, 0.4) is 0 Å². The second-order valence-corrected chi connectivity index (χ2v) is 3.18. The van der Waals surface area contributed by atoms with Gasteiger partial charge in [-0.2, -0.15) is 0 Å². The minimum Gasteiger partial charge on any atom is -0.505 e. The van der Waals surface area contributed by atoms with E-state index in [0.717, 1.165) is 0 Å². The van der Waals surface area contributed by atoms with E-state index in [9.17, 15) is 18.3 Å². The van der Waals surface area contributed by atoms with Gasteiger partial charge in [-0.25, -0.2) is 13.2 Å². The molecule has 7 heteroatoms. The quantitative estimate of drug-likeness (QED) is 0.552. The molecule has 0 saturated carbocycles. The van der Waals surface area contributed by atoms with E-state index in [4.69, 9.17) is 9.84 Å². The van der Waals surface area contributed by atoms with Gasteiger partial charge in [0, 0.05) is 0 Å². The first-order chi connectivity index (χ1) is 8.01.